The van der Waals surface area contributed by atoms with Gasteiger partial charge in [-0.2, -0.15) is 0 Å². The van der Waals surface area contributed by atoms with Crippen LogP contribution < -0.4 is 10.9 Å². The SMILES string of the molecule is CCOC(=O)c1c(-c2ccc(Cl)cc2)csc1NC(=O)Cn1nnc2sc3c(c2c1=O)CCC(C)C3. The first kappa shape index (κ1) is 24.6. The molecule has 1 unspecified atom stereocenters. The van der Waals surface area contributed by atoms with Crippen LogP contribution >= 0.6 is 34.3 Å². The van der Waals surface area contributed by atoms with E-state index in [0.717, 1.165) is 35.1 Å². The van der Waals surface area contributed by atoms with Crippen LogP contribution in [0.3, 0.4) is 0 Å². The van der Waals surface area contributed by atoms with E-state index in [2.05, 4.69) is 22.6 Å². The maximum absolute atomic E-state index is 13.2. The van der Waals surface area contributed by atoms with Gasteiger partial charge in [0.15, 0.2) is 4.83 Å². The first-order chi connectivity index (χ1) is 17.4. The number of benzene rings is 1. The Balaban J connectivity index is 1.43. The second-order valence-electron chi connectivity index (χ2n) is 8.71. The molecule has 1 atom stereocenters. The third-order valence-corrected chi connectivity index (χ3v) is 8.44. The van der Waals surface area contributed by atoms with Crippen LogP contribution in [0.4, 0.5) is 5.00 Å². The van der Waals surface area contributed by atoms with E-state index in [1.807, 2.05) is 0 Å². The number of nitrogens with zero attached hydrogens (tertiary/aromatic N) is 3. The summed E-state index contributed by atoms with van der Waals surface area (Å²) in [6.45, 7) is 3.79. The van der Waals surface area contributed by atoms with Crippen LogP contribution in [0.5, 0.6) is 0 Å². The molecule has 36 heavy (non-hydrogen) atoms. The fourth-order valence-corrected chi connectivity index (χ4v) is 6.81. The van der Waals surface area contributed by atoms with Gasteiger partial charge in [0.2, 0.25) is 5.91 Å². The zero-order valence-electron chi connectivity index (χ0n) is 19.7. The lowest BCUT2D eigenvalue weighted by Crippen LogP contribution is -2.30. The molecule has 0 fully saturated rings. The van der Waals surface area contributed by atoms with E-state index in [1.54, 1.807) is 36.6 Å². The maximum Gasteiger partial charge on any atom is 0.341 e. The molecular weight excluding hydrogens is 520 g/mol. The summed E-state index contributed by atoms with van der Waals surface area (Å²) in [5.41, 5.74) is 2.37. The quantitative estimate of drug-likeness (QED) is 0.337. The Labute approximate surface area is 219 Å². The molecule has 1 aliphatic carbocycles. The van der Waals surface area contributed by atoms with Crippen LogP contribution in [0, 0.1) is 5.92 Å². The minimum Gasteiger partial charge on any atom is -0.462 e. The van der Waals surface area contributed by atoms with Gasteiger partial charge in [-0.15, -0.1) is 27.8 Å². The van der Waals surface area contributed by atoms with Gasteiger partial charge in [0, 0.05) is 20.8 Å². The summed E-state index contributed by atoms with van der Waals surface area (Å²) in [5.74, 6) is -0.460. The van der Waals surface area contributed by atoms with Crippen LogP contribution in [-0.4, -0.2) is 33.5 Å². The lowest BCUT2D eigenvalue weighted by molar-refractivity contribution is -0.117. The topological polar surface area (TPSA) is 103 Å². The second kappa shape index (κ2) is 10.1. The van der Waals surface area contributed by atoms with Gasteiger partial charge in [-0.1, -0.05) is 35.9 Å². The van der Waals surface area contributed by atoms with Crippen molar-refractivity contribution < 1.29 is 14.3 Å². The Morgan fingerprint density at radius 2 is 2.06 bits per heavy atom. The highest BCUT2D eigenvalue weighted by molar-refractivity contribution is 7.18. The Morgan fingerprint density at radius 1 is 1.28 bits per heavy atom. The average Bonchev–Trinajstić information content (AvgIpc) is 3.42. The van der Waals surface area contributed by atoms with Crippen molar-refractivity contribution in [2.24, 2.45) is 5.92 Å². The molecule has 1 N–H and O–H groups in total. The van der Waals surface area contributed by atoms with Crippen molar-refractivity contribution in [1.29, 1.82) is 0 Å². The first-order valence-corrected chi connectivity index (χ1v) is 13.7. The number of hydrogen-bond acceptors (Lipinski definition) is 8. The maximum atomic E-state index is 13.2. The fraction of sp³-hybridized carbons (Fsp3) is 0.320. The van der Waals surface area contributed by atoms with Gasteiger partial charge in [0.05, 0.1) is 12.0 Å². The Morgan fingerprint density at radius 3 is 2.81 bits per heavy atom. The Kier molecular flexibility index (Phi) is 6.92. The zero-order chi connectivity index (χ0) is 25.4. The van der Waals surface area contributed by atoms with Crippen molar-refractivity contribution in [3.05, 3.63) is 61.0 Å². The van der Waals surface area contributed by atoms with E-state index in [4.69, 9.17) is 16.3 Å². The van der Waals surface area contributed by atoms with Crippen LogP contribution in [-0.2, 0) is 28.9 Å². The highest BCUT2D eigenvalue weighted by Gasteiger charge is 2.25. The summed E-state index contributed by atoms with van der Waals surface area (Å²) in [6, 6.07) is 7.05. The lowest BCUT2D eigenvalue weighted by atomic mass is 9.89. The summed E-state index contributed by atoms with van der Waals surface area (Å²) in [7, 11) is 0. The summed E-state index contributed by atoms with van der Waals surface area (Å²) in [4.78, 5) is 40.8. The minimum absolute atomic E-state index is 0.191. The number of nitrogens with one attached hydrogen (secondary N) is 1. The molecule has 0 radical (unpaired) electrons. The molecule has 4 aromatic rings. The molecule has 0 saturated heterocycles. The number of amides is 1. The van der Waals surface area contributed by atoms with Crippen molar-refractivity contribution in [3.63, 3.8) is 0 Å². The van der Waals surface area contributed by atoms with Gasteiger partial charge in [-0.05, 0) is 55.4 Å². The molecule has 1 aromatic carbocycles. The summed E-state index contributed by atoms with van der Waals surface area (Å²) >= 11 is 8.73. The van der Waals surface area contributed by atoms with Gasteiger partial charge in [-0.25, -0.2) is 9.48 Å². The summed E-state index contributed by atoms with van der Waals surface area (Å²) < 4.78 is 6.33. The molecule has 0 aliphatic heterocycles. The van der Waals surface area contributed by atoms with Gasteiger partial charge < -0.3 is 10.1 Å². The molecule has 1 aliphatic rings. The predicted molar refractivity (Wildman–Crippen MR) is 142 cm³/mol. The average molecular weight is 543 g/mol. The van der Waals surface area contributed by atoms with E-state index in [9.17, 15) is 14.4 Å². The predicted octanol–water partition coefficient (Wildman–Crippen LogP) is 5.18. The van der Waals surface area contributed by atoms with Crippen LogP contribution in [0.25, 0.3) is 21.3 Å². The number of rotatable bonds is 6. The van der Waals surface area contributed by atoms with E-state index < -0.39 is 11.9 Å². The largest absolute Gasteiger partial charge is 0.462 e. The van der Waals surface area contributed by atoms with E-state index in [-0.39, 0.29) is 24.3 Å². The molecule has 8 nitrogen and oxygen atoms in total. The minimum atomic E-state index is -0.545. The molecular formula is C25H23ClN4O4S2. The normalized spacial score (nSPS) is 15.0. The van der Waals surface area contributed by atoms with Crippen molar-refractivity contribution in [3.8, 4) is 11.1 Å². The zero-order valence-corrected chi connectivity index (χ0v) is 22.1. The number of carbonyl (C=O) groups is 2. The lowest BCUT2D eigenvalue weighted by Gasteiger charge is -2.17. The van der Waals surface area contributed by atoms with Crippen molar-refractivity contribution >= 4 is 61.4 Å². The van der Waals surface area contributed by atoms with Crippen molar-refractivity contribution in [1.82, 2.24) is 15.0 Å². The summed E-state index contributed by atoms with van der Waals surface area (Å²) in [6.07, 6.45) is 2.78. The molecule has 5 rings (SSSR count). The Hall–Kier alpha value is -3.08. The third-order valence-electron chi connectivity index (χ3n) is 6.16. The smallest absolute Gasteiger partial charge is 0.341 e. The van der Waals surface area contributed by atoms with Crippen LogP contribution in [0.2, 0.25) is 5.02 Å². The second-order valence-corrected chi connectivity index (χ2v) is 11.1. The molecule has 3 aromatic heterocycles. The molecule has 0 spiro atoms. The monoisotopic (exact) mass is 542 g/mol. The molecule has 0 saturated carbocycles. The summed E-state index contributed by atoms with van der Waals surface area (Å²) in [5, 5.41) is 14.3. The van der Waals surface area contributed by atoms with E-state index in [1.165, 1.54) is 27.6 Å². The number of hydrogen-bond donors (Lipinski definition) is 1. The van der Waals surface area contributed by atoms with Gasteiger partial charge in [0.25, 0.3) is 5.56 Å². The van der Waals surface area contributed by atoms with E-state index >= 15 is 0 Å². The third kappa shape index (κ3) is 4.68. The van der Waals surface area contributed by atoms with Gasteiger partial charge in [-0.3, -0.25) is 9.59 Å². The number of ether oxygens (including phenoxy) is 1. The van der Waals surface area contributed by atoms with E-state index in [0.29, 0.717) is 31.7 Å². The number of esters is 1. The van der Waals surface area contributed by atoms with Crippen molar-refractivity contribution in [2.45, 2.75) is 39.7 Å². The standard InChI is InChI=1S/C25H23ClN4O4S2/c1-3-34-25(33)21-17(14-5-7-15(26)8-6-14)12-35-22(21)27-19(31)11-30-24(32)20-16-9-4-13(2)10-18(16)36-23(20)28-29-30/h5-8,12-13H,3-4,9-11H2,1-2H3,(H,27,31). The number of halogens is 1. The van der Waals surface area contributed by atoms with Gasteiger partial charge >= 0.3 is 5.97 Å². The van der Waals surface area contributed by atoms with Gasteiger partial charge in [0.1, 0.15) is 17.1 Å². The first-order valence-electron chi connectivity index (χ1n) is 11.6. The molecule has 1 amide bonds. The number of fused-ring (bicyclic) bond motifs is 3. The number of carbonyl (C=O) groups excluding carboxylic acids is 2. The number of aromatic nitrogens is 3. The fourth-order valence-electron chi connectivity index (χ4n) is 4.39. The van der Waals surface area contributed by atoms with Crippen molar-refractivity contribution in [2.75, 3.05) is 11.9 Å². The Bertz CT molecular complexity index is 1520. The van der Waals surface area contributed by atoms with Crippen LogP contribution in [0.1, 0.15) is 41.1 Å². The number of thiophene rings is 2. The number of anilines is 1. The molecule has 186 valence electrons. The van der Waals surface area contributed by atoms with Crippen LogP contribution in [0.15, 0.2) is 34.4 Å². The number of aryl methyl sites for hydroxylation is 1. The molecule has 0 bridgehead atoms. The molecule has 11 heteroatoms. The molecule has 3 heterocycles. The highest BCUT2D eigenvalue weighted by Crippen LogP contribution is 2.37. The highest BCUT2D eigenvalue weighted by atomic mass is 35.5.